The van der Waals surface area contributed by atoms with Gasteiger partial charge in [0, 0.05) is 19.1 Å². The number of aliphatic hydroxyl groups excluding tert-OH is 1. The van der Waals surface area contributed by atoms with E-state index in [1.54, 1.807) is 0 Å². The molecule has 0 aromatic carbocycles. The summed E-state index contributed by atoms with van der Waals surface area (Å²) >= 11 is 0. The maximum Gasteiger partial charge on any atom is 0.290 e. The van der Waals surface area contributed by atoms with Crippen LogP contribution in [0.3, 0.4) is 0 Å². The minimum Gasteiger partial charge on any atom is -0.396 e. The SMILES string of the molecule is CC(CO)CNC(=O)c1n[nH]c(C(C)C)n1. The molecule has 6 nitrogen and oxygen atoms in total. The van der Waals surface area contributed by atoms with Gasteiger partial charge >= 0.3 is 0 Å². The Bertz CT molecular complexity index is 348. The topological polar surface area (TPSA) is 90.9 Å². The Hall–Kier alpha value is -1.43. The third-order valence-electron chi connectivity index (χ3n) is 2.18. The van der Waals surface area contributed by atoms with Gasteiger partial charge < -0.3 is 10.4 Å². The van der Waals surface area contributed by atoms with Crippen LogP contribution < -0.4 is 5.32 Å². The maximum atomic E-state index is 11.6. The summed E-state index contributed by atoms with van der Waals surface area (Å²) in [5.74, 6) is 0.774. The van der Waals surface area contributed by atoms with Gasteiger partial charge in [-0.15, -0.1) is 5.10 Å². The van der Waals surface area contributed by atoms with E-state index in [9.17, 15) is 4.79 Å². The Morgan fingerprint density at radius 1 is 1.50 bits per heavy atom. The van der Waals surface area contributed by atoms with Crippen LogP contribution in [-0.4, -0.2) is 39.3 Å². The average molecular weight is 226 g/mol. The molecule has 0 aliphatic heterocycles. The van der Waals surface area contributed by atoms with Crippen LogP contribution >= 0.6 is 0 Å². The molecule has 0 saturated heterocycles. The number of nitrogens with one attached hydrogen (secondary N) is 2. The first kappa shape index (κ1) is 12.6. The van der Waals surface area contributed by atoms with Crippen LogP contribution in [-0.2, 0) is 0 Å². The second-order valence-corrected chi connectivity index (χ2v) is 4.20. The molecule has 1 aromatic heterocycles. The van der Waals surface area contributed by atoms with Gasteiger partial charge in [0.1, 0.15) is 5.82 Å². The zero-order valence-electron chi connectivity index (χ0n) is 9.82. The summed E-state index contributed by atoms with van der Waals surface area (Å²) in [5.41, 5.74) is 0. The van der Waals surface area contributed by atoms with Crippen molar-refractivity contribution in [1.82, 2.24) is 20.5 Å². The van der Waals surface area contributed by atoms with E-state index in [0.717, 1.165) is 0 Å². The third kappa shape index (κ3) is 3.30. The predicted octanol–water partition coefficient (Wildman–Crippen LogP) is 0.286. The lowest BCUT2D eigenvalue weighted by molar-refractivity contribution is 0.0932. The summed E-state index contributed by atoms with van der Waals surface area (Å²) in [4.78, 5) is 15.6. The van der Waals surface area contributed by atoms with Gasteiger partial charge in [0.05, 0.1) is 0 Å². The Morgan fingerprint density at radius 3 is 2.69 bits per heavy atom. The molecule has 0 bridgehead atoms. The van der Waals surface area contributed by atoms with E-state index in [2.05, 4.69) is 20.5 Å². The van der Waals surface area contributed by atoms with Crippen LogP contribution in [0, 0.1) is 5.92 Å². The van der Waals surface area contributed by atoms with Gasteiger partial charge in [-0.2, -0.15) is 0 Å². The number of hydrogen-bond donors (Lipinski definition) is 3. The van der Waals surface area contributed by atoms with E-state index in [4.69, 9.17) is 5.11 Å². The van der Waals surface area contributed by atoms with Crippen LogP contribution in [0.5, 0.6) is 0 Å². The number of carbonyl (C=O) groups excluding carboxylic acids is 1. The quantitative estimate of drug-likeness (QED) is 0.673. The summed E-state index contributed by atoms with van der Waals surface area (Å²) < 4.78 is 0. The highest BCUT2D eigenvalue weighted by Gasteiger charge is 2.14. The van der Waals surface area contributed by atoms with E-state index in [0.29, 0.717) is 12.4 Å². The molecule has 6 heteroatoms. The van der Waals surface area contributed by atoms with Gasteiger partial charge in [-0.05, 0) is 5.92 Å². The maximum absolute atomic E-state index is 11.6. The predicted molar refractivity (Wildman–Crippen MR) is 59.1 cm³/mol. The molecule has 90 valence electrons. The smallest absolute Gasteiger partial charge is 0.290 e. The fourth-order valence-corrected chi connectivity index (χ4v) is 1.04. The number of carbonyl (C=O) groups is 1. The summed E-state index contributed by atoms with van der Waals surface area (Å²) in [7, 11) is 0. The van der Waals surface area contributed by atoms with Crippen LogP contribution in [0.15, 0.2) is 0 Å². The number of amides is 1. The first-order valence-electron chi connectivity index (χ1n) is 5.36. The van der Waals surface area contributed by atoms with Crippen molar-refractivity contribution < 1.29 is 9.90 Å². The number of aromatic nitrogens is 3. The molecule has 1 amide bonds. The molecule has 3 N–H and O–H groups in total. The molecule has 1 heterocycles. The van der Waals surface area contributed by atoms with Gasteiger partial charge in [0.25, 0.3) is 5.91 Å². The van der Waals surface area contributed by atoms with Gasteiger partial charge in [0.2, 0.25) is 5.82 Å². The molecule has 0 aliphatic rings. The zero-order chi connectivity index (χ0) is 12.1. The summed E-state index contributed by atoms with van der Waals surface area (Å²) in [6.07, 6.45) is 0. The lowest BCUT2D eigenvalue weighted by Crippen LogP contribution is -2.30. The largest absolute Gasteiger partial charge is 0.396 e. The van der Waals surface area contributed by atoms with Crippen LogP contribution in [0.1, 0.15) is 43.1 Å². The number of aliphatic hydroxyl groups is 1. The third-order valence-corrected chi connectivity index (χ3v) is 2.18. The monoisotopic (exact) mass is 226 g/mol. The second-order valence-electron chi connectivity index (χ2n) is 4.20. The van der Waals surface area contributed by atoms with Crippen LogP contribution in [0.2, 0.25) is 0 Å². The fraction of sp³-hybridized carbons (Fsp3) is 0.700. The van der Waals surface area contributed by atoms with Crippen LogP contribution in [0.25, 0.3) is 0 Å². The molecular formula is C10H18N4O2. The lowest BCUT2D eigenvalue weighted by Gasteiger charge is -2.07. The van der Waals surface area contributed by atoms with Crippen molar-refractivity contribution in [3.8, 4) is 0 Å². The van der Waals surface area contributed by atoms with E-state index in [1.807, 2.05) is 20.8 Å². The van der Waals surface area contributed by atoms with E-state index in [-0.39, 0.29) is 30.2 Å². The Balaban J connectivity index is 2.53. The minimum atomic E-state index is -0.316. The van der Waals surface area contributed by atoms with E-state index in [1.165, 1.54) is 0 Å². The Kier molecular flexibility index (Phi) is 4.42. The number of rotatable bonds is 5. The number of nitrogens with zero attached hydrogens (tertiary/aromatic N) is 2. The molecule has 1 atom stereocenters. The highest BCUT2D eigenvalue weighted by Crippen LogP contribution is 2.07. The second kappa shape index (κ2) is 5.60. The standard InChI is InChI=1S/C10H18N4O2/c1-6(2)8-12-9(14-13-8)10(16)11-4-7(3)5-15/h6-7,15H,4-5H2,1-3H3,(H,11,16)(H,12,13,14). The molecule has 1 rings (SSSR count). The van der Waals surface area contributed by atoms with Gasteiger partial charge in [-0.3, -0.25) is 9.89 Å². The van der Waals surface area contributed by atoms with Crippen molar-refractivity contribution in [2.75, 3.05) is 13.2 Å². The molecule has 0 spiro atoms. The molecule has 0 aliphatic carbocycles. The molecular weight excluding hydrogens is 208 g/mol. The van der Waals surface area contributed by atoms with E-state index >= 15 is 0 Å². The highest BCUT2D eigenvalue weighted by atomic mass is 16.3. The van der Waals surface area contributed by atoms with Crippen molar-refractivity contribution in [1.29, 1.82) is 0 Å². The minimum absolute atomic E-state index is 0.0347. The van der Waals surface area contributed by atoms with Crippen LogP contribution in [0.4, 0.5) is 0 Å². The Labute approximate surface area is 94.5 Å². The molecule has 1 aromatic rings. The summed E-state index contributed by atoms with van der Waals surface area (Å²) in [6, 6.07) is 0. The zero-order valence-corrected chi connectivity index (χ0v) is 9.82. The van der Waals surface area contributed by atoms with Gasteiger partial charge in [-0.1, -0.05) is 20.8 Å². The molecule has 1 unspecified atom stereocenters. The van der Waals surface area contributed by atoms with E-state index < -0.39 is 0 Å². The highest BCUT2D eigenvalue weighted by molar-refractivity contribution is 5.90. The van der Waals surface area contributed by atoms with Crippen molar-refractivity contribution in [3.63, 3.8) is 0 Å². The number of H-pyrrole nitrogens is 1. The number of aromatic amines is 1. The molecule has 0 radical (unpaired) electrons. The summed E-state index contributed by atoms with van der Waals surface area (Å²) in [6.45, 7) is 6.25. The van der Waals surface area contributed by atoms with Crippen molar-refractivity contribution in [2.45, 2.75) is 26.7 Å². The molecule has 0 saturated carbocycles. The van der Waals surface area contributed by atoms with Gasteiger partial charge in [-0.25, -0.2) is 4.98 Å². The average Bonchev–Trinajstić information content (AvgIpc) is 2.74. The lowest BCUT2D eigenvalue weighted by atomic mass is 10.2. The summed E-state index contributed by atoms with van der Waals surface area (Å²) in [5, 5.41) is 18.0. The molecule has 0 fully saturated rings. The Morgan fingerprint density at radius 2 is 2.19 bits per heavy atom. The van der Waals surface area contributed by atoms with Crippen molar-refractivity contribution >= 4 is 5.91 Å². The number of hydrogen-bond acceptors (Lipinski definition) is 4. The first-order valence-corrected chi connectivity index (χ1v) is 5.36. The van der Waals surface area contributed by atoms with Crippen molar-refractivity contribution in [2.24, 2.45) is 5.92 Å². The van der Waals surface area contributed by atoms with Crippen molar-refractivity contribution in [3.05, 3.63) is 11.6 Å². The molecule has 16 heavy (non-hydrogen) atoms. The van der Waals surface area contributed by atoms with Gasteiger partial charge in [0.15, 0.2) is 0 Å². The fourth-order valence-electron chi connectivity index (χ4n) is 1.04. The normalized spacial score (nSPS) is 12.8. The first-order chi connectivity index (χ1) is 7.54.